The third kappa shape index (κ3) is 1.91. The zero-order valence-electron chi connectivity index (χ0n) is 10.1. The van der Waals surface area contributed by atoms with E-state index in [-0.39, 0.29) is 11.8 Å². The molecule has 1 aromatic carbocycles. The van der Waals surface area contributed by atoms with Crippen molar-refractivity contribution in [3.8, 4) is 0 Å². The van der Waals surface area contributed by atoms with E-state index in [1.807, 2.05) is 6.07 Å². The summed E-state index contributed by atoms with van der Waals surface area (Å²) >= 11 is 0. The minimum absolute atomic E-state index is 0.237. The predicted molar refractivity (Wildman–Crippen MR) is 69.1 cm³/mol. The molecule has 19 heavy (non-hydrogen) atoms. The SMILES string of the molecule is Nc1cccc2c(C3CCC(=O)NC3=O)ncnc12. The molecule has 6 heteroatoms. The molecule has 2 heterocycles. The Bertz CT molecular complexity index is 683. The maximum Gasteiger partial charge on any atom is 0.235 e. The topological polar surface area (TPSA) is 98.0 Å². The first-order chi connectivity index (χ1) is 9.16. The fourth-order valence-electron chi connectivity index (χ4n) is 2.36. The second-order valence-electron chi connectivity index (χ2n) is 4.51. The lowest BCUT2D eigenvalue weighted by Crippen LogP contribution is -2.39. The summed E-state index contributed by atoms with van der Waals surface area (Å²) in [6, 6.07) is 5.39. The Morgan fingerprint density at radius 3 is 2.89 bits per heavy atom. The number of nitrogens with two attached hydrogens (primary N) is 1. The molecular weight excluding hydrogens is 244 g/mol. The van der Waals surface area contributed by atoms with Gasteiger partial charge in [-0.25, -0.2) is 9.97 Å². The molecule has 6 nitrogen and oxygen atoms in total. The number of rotatable bonds is 1. The summed E-state index contributed by atoms with van der Waals surface area (Å²) in [4.78, 5) is 31.4. The maximum atomic E-state index is 11.9. The highest BCUT2D eigenvalue weighted by Gasteiger charge is 2.30. The molecule has 3 N–H and O–H groups in total. The van der Waals surface area contributed by atoms with Gasteiger partial charge in [0.2, 0.25) is 11.8 Å². The minimum Gasteiger partial charge on any atom is -0.397 e. The standard InChI is InChI=1S/C13H12N4O2/c14-9-3-1-2-7-11(15-6-16-12(7)9)8-4-5-10(18)17-13(8)19/h1-3,6,8H,4-5,14H2,(H,17,18,19). The number of carbonyl (C=O) groups is 2. The number of aromatic nitrogens is 2. The molecule has 1 aliphatic rings. The van der Waals surface area contributed by atoms with Crippen LogP contribution in [0.2, 0.25) is 0 Å². The third-order valence-electron chi connectivity index (χ3n) is 3.30. The largest absolute Gasteiger partial charge is 0.397 e. The van der Waals surface area contributed by atoms with Crippen molar-refractivity contribution in [3.05, 3.63) is 30.2 Å². The normalized spacial score (nSPS) is 19.5. The molecule has 1 saturated heterocycles. The van der Waals surface area contributed by atoms with Crippen molar-refractivity contribution in [2.45, 2.75) is 18.8 Å². The number of para-hydroxylation sites is 1. The molecule has 96 valence electrons. The number of piperidine rings is 1. The number of hydrogen-bond donors (Lipinski definition) is 2. The summed E-state index contributed by atoms with van der Waals surface area (Å²) < 4.78 is 0. The Labute approximate surface area is 109 Å². The van der Waals surface area contributed by atoms with Crippen LogP contribution < -0.4 is 11.1 Å². The van der Waals surface area contributed by atoms with Crippen LogP contribution in [0.5, 0.6) is 0 Å². The van der Waals surface area contributed by atoms with Crippen molar-refractivity contribution < 1.29 is 9.59 Å². The van der Waals surface area contributed by atoms with Gasteiger partial charge < -0.3 is 5.73 Å². The molecule has 0 saturated carbocycles. The molecule has 3 rings (SSSR count). The Morgan fingerprint density at radius 2 is 2.11 bits per heavy atom. The van der Waals surface area contributed by atoms with Crippen LogP contribution in [0.1, 0.15) is 24.5 Å². The van der Waals surface area contributed by atoms with E-state index in [1.54, 1.807) is 12.1 Å². The molecule has 1 unspecified atom stereocenters. The van der Waals surface area contributed by atoms with E-state index in [9.17, 15) is 9.59 Å². The van der Waals surface area contributed by atoms with Crippen LogP contribution >= 0.6 is 0 Å². The van der Waals surface area contributed by atoms with Crippen LogP contribution in [0.4, 0.5) is 5.69 Å². The van der Waals surface area contributed by atoms with Crippen molar-refractivity contribution in [2.24, 2.45) is 0 Å². The van der Waals surface area contributed by atoms with Crippen LogP contribution in [0.25, 0.3) is 10.9 Å². The van der Waals surface area contributed by atoms with Gasteiger partial charge in [-0.3, -0.25) is 14.9 Å². The van der Waals surface area contributed by atoms with E-state index in [4.69, 9.17) is 5.73 Å². The molecule has 1 aliphatic heterocycles. The van der Waals surface area contributed by atoms with Crippen LogP contribution in [0.15, 0.2) is 24.5 Å². The number of anilines is 1. The number of nitrogens with zero attached hydrogens (tertiary/aromatic N) is 2. The number of carbonyl (C=O) groups excluding carboxylic acids is 2. The summed E-state index contributed by atoms with van der Waals surface area (Å²) in [5, 5.41) is 3.10. The summed E-state index contributed by atoms with van der Waals surface area (Å²) in [5.41, 5.74) is 7.68. The van der Waals surface area contributed by atoms with Crippen LogP contribution in [-0.2, 0) is 9.59 Å². The number of fused-ring (bicyclic) bond motifs is 1. The van der Waals surface area contributed by atoms with Gasteiger partial charge in [0.1, 0.15) is 6.33 Å². The van der Waals surface area contributed by atoms with E-state index >= 15 is 0 Å². The quantitative estimate of drug-likeness (QED) is 0.579. The van der Waals surface area contributed by atoms with Gasteiger partial charge in [0.15, 0.2) is 0 Å². The molecule has 0 aliphatic carbocycles. The summed E-state index contributed by atoms with van der Waals surface area (Å²) in [7, 11) is 0. The number of amides is 2. The van der Waals surface area contributed by atoms with E-state index in [1.165, 1.54) is 6.33 Å². The maximum absolute atomic E-state index is 11.9. The number of benzene rings is 1. The molecule has 1 fully saturated rings. The second kappa shape index (κ2) is 4.31. The van der Waals surface area contributed by atoms with Crippen molar-refractivity contribution in [1.29, 1.82) is 0 Å². The molecule has 0 radical (unpaired) electrons. The first-order valence-corrected chi connectivity index (χ1v) is 5.99. The van der Waals surface area contributed by atoms with Crippen molar-refractivity contribution in [1.82, 2.24) is 15.3 Å². The smallest absolute Gasteiger partial charge is 0.235 e. The van der Waals surface area contributed by atoms with E-state index in [0.29, 0.717) is 29.7 Å². The molecule has 1 aromatic heterocycles. The van der Waals surface area contributed by atoms with Crippen LogP contribution in [0, 0.1) is 0 Å². The van der Waals surface area contributed by atoms with Gasteiger partial charge in [0.05, 0.1) is 22.8 Å². The van der Waals surface area contributed by atoms with Gasteiger partial charge in [0, 0.05) is 11.8 Å². The van der Waals surface area contributed by atoms with Crippen molar-refractivity contribution in [2.75, 3.05) is 5.73 Å². The average Bonchev–Trinajstić information content (AvgIpc) is 2.39. The highest BCUT2D eigenvalue weighted by atomic mass is 16.2. The van der Waals surface area contributed by atoms with E-state index in [2.05, 4.69) is 15.3 Å². The first-order valence-electron chi connectivity index (χ1n) is 5.99. The molecule has 0 bridgehead atoms. The second-order valence-corrected chi connectivity index (χ2v) is 4.51. The zero-order chi connectivity index (χ0) is 13.4. The predicted octanol–water partition coefficient (Wildman–Crippen LogP) is 0.732. The van der Waals surface area contributed by atoms with Gasteiger partial charge in [-0.2, -0.15) is 0 Å². The third-order valence-corrected chi connectivity index (χ3v) is 3.30. The number of hydrogen-bond acceptors (Lipinski definition) is 5. The van der Waals surface area contributed by atoms with Crippen molar-refractivity contribution in [3.63, 3.8) is 0 Å². The Balaban J connectivity index is 2.13. The molecular formula is C13H12N4O2. The average molecular weight is 256 g/mol. The van der Waals surface area contributed by atoms with Gasteiger partial charge in [-0.1, -0.05) is 12.1 Å². The number of imide groups is 1. The van der Waals surface area contributed by atoms with Crippen LogP contribution in [0.3, 0.4) is 0 Å². The molecule has 2 amide bonds. The lowest BCUT2D eigenvalue weighted by Gasteiger charge is -2.21. The highest BCUT2D eigenvalue weighted by Crippen LogP contribution is 2.29. The fourth-order valence-corrected chi connectivity index (χ4v) is 2.36. The fraction of sp³-hybridized carbons (Fsp3) is 0.231. The molecule has 0 spiro atoms. The molecule has 2 aromatic rings. The van der Waals surface area contributed by atoms with Crippen LogP contribution in [-0.4, -0.2) is 21.8 Å². The summed E-state index contributed by atoms with van der Waals surface area (Å²) in [6.07, 6.45) is 2.19. The number of nitrogen functional groups attached to an aromatic ring is 1. The van der Waals surface area contributed by atoms with Gasteiger partial charge >= 0.3 is 0 Å². The molecule has 1 atom stereocenters. The Morgan fingerprint density at radius 1 is 1.26 bits per heavy atom. The lowest BCUT2D eigenvalue weighted by atomic mass is 9.92. The van der Waals surface area contributed by atoms with E-state index < -0.39 is 5.92 Å². The highest BCUT2D eigenvalue weighted by molar-refractivity contribution is 6.03. The van der Waals surface area contributed by atoms with Gasteiger partial charge in [-0.05, 0) is 12.5 Å². The minimum atomic E-state index is -0.426. The Hall–Kier alpha value is -2.50. The van der Waals surface area contributed by atoms with Gasteiger partial charge in [0.25, 0.3) is 0 Å². The first kappa shape index (κ1) is 11.6. The lowest BCUT2D eigenvalue weighted by molar-refractivity contribution is -0.134. The summed E-state index contributed by atoms with van der Waals surface area (Å²) in [6.45, 7) is 0. The Kier molecular flexibility index (Phi) is 2.63. The van der Waals surface area contributed by atoms with E-state index in [0.717, 1.165) is 5.39 Å². The zero-order valence-corrected chi connectivity index (χ0v) is 10.1. The number of nitrogens with one attached hydrogen (secondary N) is 1. The van der Waals surface area contributed by atoms with Gasteiger partial charge in [-0.15, -0.1) is 0 Å². The monoisotopic (exact) mass is 256 g/mol. The summed E-state index contributed by atoms with van der Waals surface area (Å²) in [5.74, 6) is -0.970. The van der Waals surface area contributed by atoms with Crippen molar-refractivity contribution >= 4 is 28.4 Å².